The molecule has 0 radical (unpaired) electrons. The minimum Gasteiger partial charge on any atom is -0.489 e. The van der Waals surface area contributed by atoms with E-state index >= 15 is 0 Å². The van der Waals surface area contributed by atoms with Gasteiger partial charge < -0.3 is 15.4 Å². The minimum atomic E-state index is -4.47. The monoisotopic (exact) mass is 388 g/mol. The van der Waals surface area contributed by atoms with Crippen molar-refractivity contribution in [1.29, 1.82) is 0 Å². The number of hydrogen-bond acceptors (Lipinski definition) is 5. The maximum atomic E-state index is 13.2. The highest BCUT2D eigenvalue weighted by Gasteiger charge is 2.33. The fourth-order valence-corrected chi connectivity index (χ4v) is 2.51. The molecule has 0 saturated carbocycles. The quantitative estimate of drug-likeness (QED) is 0.561. The highest BCUT2D eigenvalue weighted by Crippen LogP contribution is 2.35. The lowest BCUT2D eigenvalue weighted by molar-refractivity contribution is -0.136. The van der Waals surface area contributed by atoms with Crippen LogP contribution in [0.1, 0.15) is 19.4 Å². The van der Waals surface area contributed by atoms with E-state index in [0.717, 1.165) is 6.07 Å². The molecule has 0 amide bonds. The van der Waals surface area contributed by atoms with E-state index in [4.69, 9.17) is 4.74 Å². The van der Waals surface area contributed by atoms with Gasteiger partial charge in [-0.3, -0.25) is 0 Å². The molecular weight excluding hydrogens is 369 g/mol. The molecule has 8 heteroatoms. The first-order chi connectivity index (χ1) is 13.3. The number of benzene rings is 2. The van der Waals surface area contributed by atoms with E-state index in [1.807, 2.05) is 32.0 Å². The molecule has 0 unspecified atom stereocenters. The molecule has 0 aliphatic heterocycles. The summed E-state index contributed by atoms with van der Waals surface area (Å²) in [4.78, 5) is 8.38. The lowest BCUT2D eigenvalue weighted by Gasteiger charge is -2.16. The number of rotatable bonds is 6. The topological polar surface area (TPSA) is 59.1 Å². The Kier molecular flexibility index (Phi) is 5.67. The molecule has 28 heavy (non-hydrogen) atoms. The zero-order valence-corrected chi connectivity index (χ0v) is 15.3. The summed E-state index contributed by atoms with van der Waals surface area (Å²) in [6.07, 6.45) is -3.03. The second-order valence-electron chi connectivity index (χ2n) is 6.22. The van der Waals surface area contributed by atoms with Crippen LogP contribution in [0.4, 0.5) is 36.3 Å². The third-order valence-corrected chi connectivity index (χ3v) is 3.65. The van der Waals surface area contributed by atoms with Crippen molar-refractivity contribution in [3.05, 3.63) is 66.4 Å². The van der Waals surface area contributed by atoms with Gasteiger partial charge in [-0.05, 0) is 44.2 Å². The van der Waals surface area contributed by atoms with E-state index in [2.05, 4.69) is 20.6 Å². The van der Waals surface area contributed by atoms with Gasteiger partial charge in [-0.25, -0.2) is 4.98 Å². The second-order valence-corrected chi connectivity index (χ2v) is 6.22. The Morgan fingerprint density at radius 2 is 1.57 bits per heavy atom. The predicted octanol–water partition coefficient (Wildman–Crippen LogP) is 5.77. The first kappa shape index (κ1) is 19.5. The summed E-state index contributed by atoms with van der Waals surface area (Å²) in [5.41, 5.74) is -0.189. The zero-order valence-electron chi connectivity index (χ0n) is 15.3. The van der Waals surface area contributed by atoms with Crippen molar-refractivity contribution in [3.8, 4) is 5.75 Å². The van der Waals surface area contributed by atoms with Crippen molar-refractivity contribution < 1.29 is 17.9 Å². The summed E-state index contributed by atoms with van der Waals surface area (Å²) in [6, 6.07) is 14.0. The first-order valence-electron chi connectivity index (χ1n) is 8.62. The summed E-state index contributed by atoms with van der Waals surface area (Å²) < 4.78 is 45.2. The van der Waals surface area contributed by atoms with Crippen LogP contribution in [-0.2, 0) is 6.18 Å². The molecule has 5 nitrogen and oxygen atoms in total. The van der Waals surface area contributed by atoms with Crippen LogP contribution in [0.2, 0.25) is 0 Å². The van der Waals surface area contributed by atoms with Gasteiger partial charge in [0, 0.05) is 6.20 Å². The Morgan fingerprint density at radius 3 is 2.29 bits per heavy atom. The number of halogens is 3. The molecule has 1 heterocycles. The summed E-state index contributed by atoms with van der Waals surface area (Å²) in [5.74, 6) is 1.09. The number of nitrogens with zero attached hydrogens (tertiary/aromatic N) is 2. The van der Waals surface area contributed by atoms with Gasteiger partial charge in [0.2, 0.25) is 5.95 Å². The third kappa shape index (κ3) is 4.91. The summed E-state index contributed by atoms with van der Waals surface area (Å²) in [7, 11) is 0. The third-order valence-electron chi connectivity index (χ3n) is 3.65. The van der Waals surface area contributed by atoms with Crippen molar-refractivity contribution in [2.24, 2.45) is 0 Å². The van der Waals surface area contributed by atoms with Gasteiger partial charge in [-0.2, -0.15) is 18.2 Å². The molecule has 2 aromatic carbocycles. The summed E-state index contributed by atoms with van der Waals surface area (Å²) in [5, 5.41) is 5.75. The van der Waals surface area contributed by atoms with Crippen molar-refractivity contribution >= 4 is 23.1 Å². The molecule has 0 atom stereocenters. The Hall–Kier alpha value is -3.29. The maximum Gasteiger partial charge on any atom is 0.418 e. The molecule has 3 aromatic rings. The average Bonchev–Trinajstić information content (AvgIpc) is 2.63. The largest absolute Gasteiger partial charge is 0.489 e. The Bertz CT molecular complexity index is 944. The standard InChI is InChI=1S/C20H19F3N4O/c1-13(2)28-17-10-6-5-9-16(17)26-19-24-12-11-18(27-19)25-15-8-4-3-7-14(15)20(21,22)23/h3-13H,1-2H3,(H2,24,25,26,27). The van der Waals surface area contributed by atoms with Crippen LogP contribution in [0.25, 0.3) is 0 Å². The highest BCUT2D eigenvalue weighted by molar-refractivity contribution is 5.65. The molecule has 2 N–H and O–H groups in total. The molecule has 146 valence electrons. The fourth-order valence-electron chi connectivity index (χ4n) is 2.51. The van der Waals surface area contributed by atoms with Gasteiger partial charge >= 0.3 is 6.18 Å². The number of ether oxygens (including phenoxy) is 1. The number of para-hydroxylation sites is 3. The van der Waals surface area contributed by atoms with Gasteiger partial charge in [0.05, 0.1) is 23.0 Å². The van der Waals surface area contributed by atoms with E-state index < -0.39 is 11.7 Å². The molecule has 0 aliphatic carbocycles. The van der Waals surface area contributed by atoms with Crippen LogP contribution in [0.5, 0.6) is 5.75 Å². The normalized spacial score (nSPS) is 11.4. The van der Waals surface area contributed by atoms with E-state index in [0.29, 0.717) is 11.4 Å². The molecule has 0 bridgehead atoms. The van der Waals surface area contributed by atoms with Gasteiger partial charge in [-0.1, -0.05) is 24.3 Å². The van der Waals surface area contributed by atoms with Crippen LogP contribution in [0.3, 0.4) is 0 Å². The van der Waals surface area contributed by atoms with Crippen molar-refractivity contribution in [2.75, 3.05) is 10.6 Å². The highest BCUT2D eigenvalue weighted by atomic mass is 19.4. The van der Waals surface area contributed by atoms with E-state index in [1.165, 1.54) is 30.5 Å². The van der Waals surface area contributed by atoms with Crippen LogP contribution in [0.15, 0.2) is 60.8 Å². The zero-order chi connectivity index (χ0) is 20.1. The predicted molar refractivity (Wildman–Crippen MR) is 102 cm³/mol. The Balaban J connectivity index is 1.83. The number of anilines is 4. The number of hydrogen-bond donors (Lipinski definition) is 2. The van der Waals surface area contributed by atoms with E-state index in [-0.39, 0.29) is 23.6 Å². The molecular formula is C20H19F3N4O. The van der Waals surface area contributed by atoms with Crippen LogP contribution in [0, 0.1) is 0 Å². The molecule has 0 saturated heterocycles. The van der Waals surface area contributed by atoms with Gasteiger partial charge in [0.1, 0.15) is 11.6 Å². The van der Waals surface area contributed by atoms with Gasteiger partial charge in [-0.15, -0.1) is 0 Å². The van der Waals surface area contributed by atoms with Crippen molar-refractivity contribution in [3.63, 3.8) is 0 Å². The molecule has 0 aliphatic rings. The Labute approximate surface area is 160 Å². The summed E-state index contributed by atoms with van der Waals surface area (Å²) in [6.45, 7) is 3.83. The summed E-state index contributed by atoms with van der Waals surface area (Å²) >= 11 is 0. The first-order valence-corrected chi connectivity index (χ1v) is 8.62. The smallest absolute Gasteiger partial charge is 0.418 e. The minimum absolute atomic E-state index is 0.0178. The number of alkyl halides is 3. The van der Waals surface area contributed by atoms with Crippen molar-refractivity contribution in [2.45, 2.75) is 26.1 Å². The second kappa shape index (κ2) is 8.16. The molecule has 3 rings (SSSR count). The number of aromatic nitrogens is 2. The average molecular weight is 388 g/mol. The number of nitrogens with one attached hydrogen (secondary N) is 2. The van der Waals surface area contributed by atoms with E-state index in [1.54, 1.807) is 6.07 Å². The van der Waals surface area contributed by atoms with Crippen LogP contribution in [-0.4, -0.2) is 16.1 Å². The lowest BCUT2D eigenvalue weighted by atomic mass is 10.1. The molecule has 0 fully saturated rings. The molecule has 0 spiro atoms. The lowest BCUT2D eigenvalue weighted by Crippen LogP contribution is -2.10. The SMILES string of the molecule is CC(C)Oc1ccccc1Nc1nccc(Nc2ccccc2C(F)(F)F)n1. The fraction of sp³-hybridized carbons (Fsp3) is 0.200. The van der Waals surface area contributed by atoms with Crippen molar-refractivity contribution in [1.82, 2.24) is 9.97 Å². The van der Waals surface area contributed by atoms with Gasteiger partial charge in [0.15, 0.2) is 0 Å². The maximum absolute atomic E-state index is 13.2. The molecule has 1 aromatic heterocycles. The Morgan fingerprint density at radius 1 is 0.893 bits per heavy atom. The van der Waals surface area contributed by atoms with Crippen LogP contribution >= 0.6 is 0 Å². The van der Waals surface area contributed by atoms with E-state index in [9.17, 15) is 13.2 Å². The van der Waals surface area contributed by atoms with Gasteiger partial charge in [0.25, 0.3) is 0 Å². The van der Waals surface area contributed by atoms with Crippen LogP contribution < -0.4 is 15.4 Å².